The first-order valence-corrected chi connectivity index (χ1v) is 10.8. The molecule has 4 aromatic carbocycles. The zero-order valence-corrected chi connectivity index (χ0v) is 19.0. The molecule has 0 fully saturated rings. The lowest BCUT2D eigenvalue weighted by molar-refractivity contribution is 0.111. The van der Waals surface area contributed by atoms with Gasteiger partial charge >= 0.3 is 0 Å². The Bertz CT molecular complexity index is 1310. The number of hydrogen-bond acceptors (Lipinski definition) is 4. The number of aldehydes is 2. The normalized spacial score (nSPS) is 11.2. The number of carbonyl (C=O) groups is 2. The fourth-order valence-electron chi connectivity index (χ4n) is 3.91. The van der Waals surface area contributed by atoms with Crippen LogP contribution in [0.4, 0.5) is 0 Å². The molecule has 0 saturated carbocycles. The van der Waals surface area contributed by atoms with Crippen molar-refractivity contribution in [3.63, 3.8) is 0 Å². The third-order valence-corrected chi connectivity index (χ3v) is 5.64. The van der Waals surface area contributed by atoms with Gasteiger partial charge in [0.05, 0.1) is 14.2 Å². The predicted octanol–water partition coefficient (Wildman–Crippen LogP) is 6.82. The molecule has 4 aromatic rings. The highest BCUT2D eigenvalue weighted by atomic mass is 16.5. The summed E-state index contributed by atoms with van der Waals surface area (Å²) < 4.78 is 10.9. The summed E-state index contributed by atoms with van der Waals surface area (Å²) in [5.41, 5.74) is 5.03. The molecule has 0 saturated heterocycles. The summed E-state index contributed by atoms with van der Waals surface area (Å²) in [4.78, 5) is 22.2. The van der Waals surface area contributed by atoms with Gasteiger partial charge in [0.1, 0.15) is 24.1 Å². The van der Waals surface area contributed by atoms with Crippen LogP contribution < -0.4 is 9.47 Å². The van der Waals surface area contributed by atoms with Crippen molar-refractivity contribution in [3.8, 4) is 11.5 Å². The maximum Gasteiger partial charge on any atom is 0.150 e. The molecule has 0 atom stereocenters. The lowest BCUT2D eigenvalue weighted by Gasteiger charge is -2.09. The second kappa shape index (κ2) is 10.5. The summed E-state index contributed by atoms with van der Waals surface area (Å²) in [5, 5.41) is 2.24. The first-order chi connectivity index (χ1) is 16.7. The van der Waals surface area contributed by atoms with Gasteiger partial charge in [0.2, 0.25) is 0 Å². The molecule has 0 bridgehead atoms. The third-order valence-electron chi connectivity index (χ3n) is 5.64. The molecule has 4 nitrogen and oxygen atoms in total. The molecular weight excluding hydrogens is 424 g/mol. The molecule has 0 aliphatic carbocycles. The van der Waals surface area contributed by atoms with E-state index in [2.05, 4.69) is 36.4 Å². The number of fused-ring (bicyclic) bond motifs is 1. The van der Waals surface area contributed by atoms with Crippen molar-refractivity contribution in [2.45, 2.75) is 0 Å². The van der Waals surface area contributed by atoms with Gasteiger partial charge in [-0.25, -0.2) is 0 Å². The van der Waals surface area contributed by atoms with E-state index in [-0.39, 0.29) is 0 Å². The molecule has 0 aliphatic rings. The summed E-state index contributed by atoms with van der Waals surface area (Å²) >= 11 is 0. The molecular formula is C30H24O4. The van der Waals surface area contributed by atoms with Crippen LogP contribution in [-0.4, -0.2) is 26.8 Å². The maximum absolute atomic E-state index is 11.1. The van der Waals surface area contributed by atoms with Crippen molar-refractivity contribution < 1.29 is 19.1 Å². The Hall–Kier alpha value is -4.44. The number of hydrogen-bond donors (Lipinski definition) is 0. The maximum atomic E-state index is 11.1. The van der Waals surface area contributed by atoms with Gasteiger partial charge in [0.15, 0.2) is 0 Å². The molecule has 4 heteroatoms. The minimum atomic E-state index is 0.572. The summed E-state index contributed by atoms with van der Waals surface area (Å²) in [7, 11) is 3.19. The number of methoxy groups -OCH3 is 2. The van der Waals surface area contributed by atoms with Crippen LogP contribution in [0.3, 0.4) is 0 Å². The molecule has 0 radical (unpaired) electrons. The van der Waals surface area contributed by atoms with Gasteiger partial charge in [-0.15, -0.1) is 0 Å². The number of ether oxygens (including phenoxy) is 2. The van der Waals surface area contributed by atoms with Crippen LogP contribution >= 0.6 is 0 Å². The summed E-state index contributed by atoms with van der Waals surface area (Å²) in [5.74, 6) is 1.29. The second-order valence-electron chi connectivity index (χ2n) is 7.70. The zero-order chi connectivity index (χ0) is 23.9. The van der Waals surface area contributed by atoms with Crippen molar-refractivity contribution in [1.29, 1.82) is 0 Å². The predicted molar refractivity (Wildman–Crippen MR) is 139 cm³/mol. The Kier molecular flexibility index (Phi) is 6.99. The molecule has 0 spiro atoms. The van der Waals surface area contributed by atoms with E-state index < -0.39 is 0 Å². The largest absolute Gasteiger partial charge is 0.496 e. The fraction of sp³-hybridized carbons (Fsp3) is 0.0667. The molecule has 4 rings (SSSR count). The van der Waals surface area contributed by atoms with Gasteiger partial charge in [-0.3, -0.25) is 9.59 Å². The molecule has 0 amide bonds. The number of rotatable bonds is 8. The van der Waals surface area contributed by atoms with E-state index in [0.29, 0.717) is 22.6 Å². The van der Waals surface area contributed by atoms with Crippen LogP contribution in [0.25, 0.3) is 35.1 Å². The van der Waals surface area contributed by atoms with E-state index in [9.17, 15) is 9.59 Å². The number of carbonyl (C=O) groups excluding carboxylic acids is 2. The Balaban J connectivity index is 1.75. The lowest BCUT2D eigenvalue weighted by Crippen LogP contribution is -1.90. The number of benzene rings is 4. The molecule has 0 N–H and O–H groups in total. The van der Waals surface area contributed by atoms with Crippen molar-refractivity contribution in [3.05, 3.63) is 106 Å². The van der Waals surface area contributed by atoms with Crippen LogP contribution in [0.15, 0.2) is 72.8 Å². The van der Waals surface area contributed by atoms with Gasteiger partial charge < -0.3 is 9.47 Å². The van der Waals surface area contributed by atoms with Gasteiger partial charge in [-0.1, -0.05) is 85.0 Å². The van der Waals surface area contributed by atoms with E-state index >= 15 is 0 Å². The van der Waals surface area contributed by atoms with E-state index in [1.807, 2.05) is 36.4 Å². The molecule has 0 heterocycles. The molecule has 34 heavy (non-hydrogen) atoms. The quantitative estimate of drug-likeness (QED) is 0.219. The van der Waals surface area contributed by atoms with Crippen molar-refractivity contribution in [2.75, 3.05) is 14.2 Å². The first kappa shape index (κ1) is 22.7. The standard InChI is InChI=1S/C30H24O4/c1-33-28-17-21(19-31)9-11-23(28)13-15-26-7-3-5-25-6-4-8-27(30(25)26)16-14-24-12-10-22(20-32)18-29(24)34-2/h3-20H,1-2H3. The molecule has 0 unspecified atom stereocenters. The summed E-state index contributed by atoms with van der Waals surface area (Å²) in [6.45, 7) is 0. The summed E-state index contributed by atoms with van der Waals surface area (Å²) in [6.07, 6.45) is 9.70. The van der Waals surface area contributed by atoms with Crippen LogP contribution in [0, 0.1) is 0 Å². The Morgan fingerprint density at radius 3 is 1.41 bits per heavy atom. The van der Waals surface area contributed by atoms with E-state index in [1.165, 1.54) is 0 Å². The Labute approximate surface area is 198 Å². The smallest absolute Gasteiger partial charge is 0.150 e. The fourth-order valence-corrected chi connectivity index (χ4v) is 3.91. The third kappa shape index (κ3) is 4.81. The highest BCUT2D eigenvalue weighted by Gasteiger charge is 2.06. The first-order valence-electron chi connectivity index (χ1n) is 10.8. The monoisotopic (exact) mass is 448 g/mol. The SMILES string of the molecule is COc1cc(C=O)ccc1C=Cc1cccc2cccc(C=Cc3ccc(C=O)cc3OC)c12. The Morgan fingerprint density at radius 2 is 1.00 bits per heavy atom. The lowest BCUT2D eigenvalue weighted by atomic mass is 9.97. The van der Waals surface area contributed by atoms with Crippen molar-refractivity contribution in [2.24, 2.45) is 0 Å². The van der Waals surface area contributed by atoms with Crippen LogP contribution in [0.1, 0.15) is 43.0 Å². The highest BCUT2D eigenvalue weighted by molar-refractivity contribution is 6.00. The Morgan fingerprint density at radius 1 is 0.559 bits per heavy atom. The van der Waals surface area contributed by atoms with Crippen LogP contribution in [-0.2, 0) is 0 Å². The van der Waals surface area contributed by atoms with E-state index in [4.69, 9.17) is 9.47 Å². The van der Waals surface area contributed by atoms with Crippen LogP contribution in [0.2, 0.25) is 0 Å². The van der Waals surface area contributed by atoms with Gasteiger partial charge in [0, 0.05) is 22.3 Å². The van der Waals surface area contributed by atoms with Gasteiger partial charge in [-0.05, 0) is 34.0 Å². The zero-order valence-electron chi connectivity index (χ0n) is 19.0. The van der Waals surface area contributed by atoms with Crippen LogP contribution in [0.5, 0.6) is 11.5 Å². The van der Waals surface area contributed by atoms with Crippen molar-refractivity contribution >= 4 is 47.6 Å². The van der Waals surface area contributed by atoms with E-state index in [0.717, 1.165) is 45.6 Å². The minimum absolute atomic E-state index is 0.572. The van der Waals surface area contributed by atoms with E-state index in [1.54, 1.807) is 38.5 Å². The minimum Gasteiger partial charge on any atom is -0.496 e. The highest BCUT2D eigenvalue weighted by Crippen LogP contribution is 2.29. The molecule has 168 valence electrons. The summed E-state index contributed by atoms with van der Waals surface area (Å²) in [6, 6.07) is 23.1. The average molecular weight is 449 g/mol. The molecule has 0 aliphatic heterocycles. The van der Waals surface area contributed by atoms with Gasteiger partial charge in [0.25, 0.3) is 0 Å². The topological polar surface area (TPSA) is 52.6 Å². The average Bonchev–Trinajstić information content (AvgIpc) is 2.90. The second-order valence-corrected chi connectivity index (χ2v) is 7.70. The van der Waals surface area contributed by atoms with Gasteiger partial charge in [-0.2, -0.15) is 0 Å². The van der Waals surface area contributed by atoms with Crippen molar-refractivity contribution in [1.82, 2.24) is 0 Å². The molecule has 0 aromatic heterocycles.